The van der Waals surface area contributed by atoms with Gasteiger partial charge in [-0.2, -0.15) is 0 Å². The molecule has 4 heteroatoms. The maximum atomic E-state index is 12.0. The summed E-state index contributed by atoms with van der Waals surface area (Å²) in [5.41, 5.74) is 0. The number of piperazine rings is 1. The van der Waals surface area contributed by atoms with Crippen molar-refractivity contribution in [3.05, 3.63) is 0 Å². The number of nitrogens with one attached hydrogen (secondary N) is 1. The number of amides is 2. The van der Waals surface area contributed by atoms with Crippen LogP contribution >= 0.6 is 0 Å². The molecule has 1 N–H and O–H groups in total. The number of carbonyl (C=O) groups excluding carboxylic acids is 1. The highest BCUT2D eigenvalue weighted by Crippen LogP contribution is 2.32. The van der Waals surface area contributed by atoms with Gasteiger partial charge in [-0.25, -0.2) is 4.79 Å². The van der Waals surface area contributed by atoms with Crippen LogP contribution in [0.15, 0.2) is 0 Å². The molecule has 3 aliphatic heterocycles. The molecule has 2 amide bonds. The molecule has 0 saturated carbocycles. The molecule has 2 unspecified atom stereocenters. The largest absolute Gasteiger partial charge is 0.338 e. The third-order valence-electron chi connectivity index (χ3n) is 3.85. The summed E-state index contributed by atoms with van der Waals surface area (Å²) in [6, 6.07) is 1.64. The van der Waals surface area contributed by atoms with Crippen molar-refractivity contribution in [1.29, 1.82) is 0 Å². The number of urea groups is 1. The van der Waals surface area contributed by atoms with Crippen molar-refractivity contribution in [2.75, 3.05) is 19.6 Å². The molecule has 4 nitrogen and oxygen atoms in total. The summed E-state index contributed by atoms with van der Waals surface area (Å²) in [5.74, 6) is 0.521. The third-order valence-corrected chi connectivity index (χ3v) is 3.85. The molecule has 0 spiro atoms. The van der Waals surface area contributed by atoms with E-state index in [1.165, 1.54) is 6.42 Å². The van der Waals surface area contributed by atoms with E-state index in [9.17, 15) is 4.79 Å². The van der Waals surface area contributed by atoms with E-state index in [0.29, 0.717) is 24.0 Å². The monoisotopic (exact) mass is 239 g/mol. The molecule has 3 heterocycles. The van der Waals surface area contributed by atoms with Gasteiger partial charge in [-0.3, -0.25) is 4.90 Å². The van der Waals surface area contributed by atoms with Gasteiger partial charge in [-0.05, 0) is 26.2 Å². The molecule has 0 aliphatic carbocycles. The lowest BCUT2D eigenvalue weighted by atomic mass is 9.87. The van der Waals surface area contributed by atoms with Gasteiger partial charge in [-0.1, -0.05) is 13.8 Å². The maximum absolute atomic E-state index is 12.0. The Hall–Kier alpha value is -0.770. The molecule has 0 radical (unpaired) electrons. The Morgan fingerprint density at radius 2 is 1.82 bits per heavy atom. The van der Waals surface area contributed by atoms with Gasteiger partial charge < -0.3 is 10.2 Å². The minimum absolute atomic E-state index is 0.142. The van der Waals surface area contributed by atoms with E-state index in [4.69, 9.17) is 0 Å². The summed E-state index contributed by atoms with van der Waals surface area (Å²) < 4.78 is 0. The fourth-order valence-electron chi connectivity index (χ4n) is 2.78. The second-order valence-electron chi connectivity index (χ2n) is 6.08. The van der Waals surface area contributed by atoms with Gasteiger partial charge in [0.1, 0.15) is 0 Å². The summed E-state index contributed by atoms with van der Waals surface area (Å²) in [6.07, 6.45) is 1.19. The molecule has 0 aromatic rings. The number of rotatable bonds is 3. The Morgan fingerprint density at radius 3 is 2.29 bits per heavy atom. The van der Waals surface area contributed by atoms with Gasteiger partial charge in [0.2, 0.25) is 0 Å². The van der Waals surface area contributed by atoms with Gasteiger partial charge in [0.25, 0.3) is 0 Å². The molecule has 3 fully saturated rings. The highest BCUT2D eigenvalue weighted by atomic mass is 16.2. The Morgan fingerprint density at radius 1 is 1.24 bits per heavy atom. The molecule has 2 atom stereocenters. The zero-order chi connectivity index (χ0) is 12.6. The molecule has 98 valence electrons. The lowest BCUT2D eigenvalue weighted by Gasteiger charge is -2.57. The van der Waals surface area contributed by atoms with Crippen LogP contribution in [0.5, 0.6) is 0 Å². The lowest BCUT2D eigenvalue weighted by Crippen LogP contribution is -2.72. The standard InChI is InChI=1S/C13H25N3O/c1-9(2)6-14-13(17)16-11-5-12(16)8-15(7-11)10(3)4/h9-12H,5-8H2,1-4H3,(H,14,17). The lowest BCUT2D eigenvalue weighted by molar-refractivity contribution is -0.0468. The minimum atomic E-state index is 0.142. The summed E-state index contributed by atoms with van der Waals surface area (Å²) in [4.78, 5) is 16.6. The minimum Gasteiger partial charge on any atom is -0.338 e. The number of carbonyl (C=O) groups is 1. The van der Waals surface area contributed by atoms with E-state index in [1.54, 1.807) is 0 Å². The van der Waals surface area contributed by atoms with Gasteiger partial charge in [0.05, 0.1) is 0 Å². The van der Waals surface area contributed by atoms with Gasteiger partial charge in [0, 0.05) is 37.8 Å². The summed E-state index contributed by atoms with van der Waals surface area (Å²) >= 11 is 0. The van der Waals surface area contributed by atoms with Gasteiger partial charge in [0.15, 0.2) is 0 Å². The van der Waals surface area contributed by atoms with Crippen LogP contribution in [0, 0.1) is 5.92 Å². The number of hydrogen-bond donors (Lipinski definition) is 1. The van der Waals surface area contributed by atoms with E-state index in [1.807, 2.05) is 0 Å². The van der Waals surface area contributed by atoms with Crippen LogP contribution in [-0.2, 0) is 0 Å². The van der Waals surface area contributed by atoms with Crippen molar-refractivity contribution < 1.29 is 4.79 Å². The molecule has 17 heavy (non-hydrogen) atoms. The van der Waals surface area contributed by atoms with Crippen molar-refractivity contribution in [2.45, 2.75) is 52.2 Å². The van der Waals surface area contributed by atoms with Crippen LogP contribution in [0.3, 0.4) is 0 Å². The molecular formula is C13H25N3O. The quantitative estimate of drug-likeness (QED) is 0.810. The fraction of sp³-hybridized carbons (Fsp3) is 0.923. The Labute approximate surface area is 104 Å². The molecule has 3 aliphatic rings. The van der Waals surface area contributed by atoms with Crippen molar-refractivity contribution >= 4 is 6.03 Å². The van der Waals surface area contributed by atoms with E-state index in [0.717, 1.165) is 19.6 Å². The highest BCUT2D eigenvalue weighted by Gasteiger charge is 2.47. The normalized spacial score (nSPS) is 28.5. The predicted molar refractivity (Wildman–Crippen MR) is 69.0 cm³/mol. The van der Waals surface area contributed by atoms with Crippen molar-refractivity contribution in [3.63, 3.8) is 0 Å². The highest BCUT2D eigenvalue weighted by molar-refractivity contribution is 5.76. The topological polar surface area (TPSA) is 35.6 Å². The van der Waals surface area contributed by atoms with Crippen molar-refractivity contribution in [1.82, 2.24) is 15.1 Å². The molecule has 3 saturated heterocycles. The van der Waals surface area contributed by atoms with Crippen LogP contribution in [0.25, 0.3) is 0 Å². The van der Waals surface area contributed by atoms with E-state index in [2.05, 4.69) is 42.8 Å². The Kier molecular flexibility index (Phi) is 3.61. The maximum Gasteiger partial charge on any atom is 0.318 e. The third kappa shape index (κ3) is 2.57. The molecule has 3 rings (SSSR count). The van der Waals surface area contributed by atoms with Crippen LogP contribution in [0.1, 0.15) is 34.1 Å². The number of nitrogens with zero attached hydrogens (tertiary/aromatic N) is 2. The molecular weight excluding hydrogens is 214 g/mol. The zero-order valence-electron chi connectivity index (χ0n) is 11.4. The van der Waals surface area contributed by atoms with Crippen LogP contribution < -0.4 is 5.32 Å². The van der Waals surface area contributed by atoms with Crippen LogP contribution in [0.2, 0.25) is 0 Å². The average Bonchev–Trinajstić information content (AvgIpc) is 2.26. The Balaban J connectivity index is 1.84. The number of fused-ring (bicyclic) bond motifs is 2. The number of hydrogen-bond acceptors (Lipinski definition) is 2. The van der Waals surface area contributed by atoms with Gasteiger partial charge in [-0.15, -0.1) is 0 Å². The number of piperidine rings is 1. The first-order valence-electron chi connectivity index (χ1n) is 6.79. The van der Waals surface area contributed by atoms with Gasteiger partial charge >= 0.3 is 6.03 Å². The van der Waals surface area contributed by atoms with Crippen LogP contribution in [0.4, 0.5) is 4.79 Å². The second-order valence-corrected chi connectivity index (χ2v) is 6.08. The van der Waals surface area contributed by atoms with Crippen molar-refractivity contribution in [3.8, 4) is 0 Å². The second kappa shape index (κ2) is 4.84. The molecule has 2 bridgehead atoms. The van der Waals surface area contributed by atoms with Crippen LogP contribution in [-0.4, -0.2) is 53.6 Å². The fourth-order valence-corrected chi connectivity index (χ4v) is 2.78. The average molecular weight is 239 g/mol. The molecule has 0 aromatic heterocycles. The first-order valence-corrected chi connectivity index (χ1v) is 6.79. The van der Waals surface area contributed by atoms with E-state index < -0.39 is 0 Å². The molecule has 0 aromatic carbocycles. The smallest absolute Gasteiger partial charge is 0.318 e. The summed E-state index contributed by atoms with van der Waals surface area (Å²) in [6.45, 7) is 11.6. The van der Waals surface area contributed by atoms with E-state index in [-0.39, 0.29) is 6.03 Å². The van der Waals surface area contributed by atoms with Crippen molar-refractivity contribution in [2.24, 2.45) is 5.92 Å². The first-order chi connectivity index (χ1) is 7.99. The summed E-state index contributed by atoms with van der Waals surface area (Å²) in [7, 11) is 0. The zero-order valence-corrected chi connectivity index (χ0v) is 11.4. The first kappa shape index (κ1) is 12.7. The Bertz CT molecular complexity index is 278. The van der Waals surface area contributed by atoms with E-state index >= 15 is 0 Å². The predicted octanol–water partition coefficient (Wildman–Crippen LogP) is 1.52. The summed E-state index contributed by atoms with van der Waals surface area (Å²) in [5, 5.41) is 3.03. The SMILES string of the molecule is CC(C)CNC(=O)N1C2CC1CN(C(C)C)C2.